The lowest BCUT2D eigenvalue weighted by Gasteiger charge is -2.38. The summed E-state index contributed by atoms with van der Waals surface area (Å²) in [5.74, 6) is 1.80. The van der Waals surface area contributed by atoms with E-state index >= 15 is 0 Å². The standard InChI is InChI=1S/C23H31N7O3S/c1-16-15-33-13-10-29(16)20-14-19(23(34(3,24)31)8-11-32-12-9-23)27-22(28-20)30-18-7-5-4-6-17(18)26-21(30)25-2/h4-7,14,16,24H,8-13,15H2,1-3H3,(H,25,26)/t16-,34-/m1/s1. The van der Waals surface area contributed by atoms with Gasteiger partial charge in [-0.25, -0.2) is 18.7 Å². The molecular weight excluding hydrogens is 454 g/mol. The highest BCUT2D eigenvalue weighted by molar-refractivity contribution is 7.92. The second-order valence-electron chi connectivity index (χ2n) is 8.99. The summed E-state index contributed by atoms with van der Waals surface area (Å²) in [4.78, 5) is 16.8. The van der Waals surface area contributed by atoms with E-state index in [2.05, 4.69) is 17.1 Å². The summed E-state index contributed by atoms with van der Waals surface area (Å²) in [7, 11) is -1.18. The minimum Gasteiger partial charge on any atom is -0.381 e. The fraction of sp³-hybridized carbons (Fsp3) is 0.522. The molecule has 0 unspecified atom stereocenters. The van der Waals surface area contributed by atoms with Crippen molar-refractivity contribution in [2.45, 2.75) is 30.6 Å². The van der Waals surface area contributed by atoms with Gasteiger partial charge in [0.25, 0.3) is 0 Å². The van der Waals surface area contributed by atoms with Gasteiger partial charge in [-0.15, -0.1) is 0 Å². The fourth-order valence-corrected chi connectivity index (χ4v) is 6.36. The van der Waals surface area contributed by atoms with Gasteiger partial charge >= 0.3 is 0 Å². The number of nitrogens with one attached hydrogen (secondary N) is 2. The van der Waals surface area contributed by atoms with Crippen LogP contribution in [0.1, 0.15) is 25.5 Å². The number of imidazole rings is 1. The molecular formula is C23H31N7O3S. The SMILES string of the molecule is CNc1nc2ccccc2n1-c1nc(N2CCOC[C@H]2C)cc(C2([S@](C)(=N)=O)CCOCC2)n1. The highest BCUT2D eigenvalue weighted by atomic mass is 32.2. The van der Waals surface area contributed by atoms with Crippen LogP contribution in [-0.2, 0) is 23.9 Å². The summed E-state index contributed by atoms with van der Waals surface area (Å²) < 4.78 is 34.3. The molecule has 2 N–H and O–H groups in total. The third kappa shape index (κ3) is 3.81. The highest BCUT2D eigenvalue weighted by Crippen LogP contribution is 2.41. The molecule has 0 amide bonds. The van der Waals surface area contributed by atoms with E-state index in [9.17, 15) is 4.21 Å². The molecule has 10 nitrogen and oxygen atoms in total. The topological polar surface area (TPSA) is 118 Å². The molecule has 2 fully saturated rings. The molecule has 2 aliphatic rings. The normalized spacial score (nSPS) is 22.4. The molecule has 4 heterocycles. The number of benzene rings is 1. The first kappa shape index (κ1) is 23.0. The van der Waals surface area contributed by atoms with Crippen molar-refractivity contribution in [3.63, 3.8) is 0 Å². The van der Waals surface area contributed by atoms with Gasteiger partial charge in [-0.3, -0.25) is 4.78 Å². The van der Waals surface area contributed by atoms with Crippen molar-refractivity contribution in [2.24, 2.45) is 0 Å². The van der Waals surface area contributed by atoms with Crippen LogP contribution >= 0.6 is 0 Å². The van der Waals surface area contributed by atoms with E-state index in [1.165, 1.54) is 6.26 Å². The maximum atomic E-state index is 13.4. The van der Waals surface area contributed by atoms with Gasteiger partial charge < -0.3 is 19.7 Å². The summed E-state index contributed by atoms with van der Waals surface area (Å²) >= 11 is 0. The van der Waals surface area contributed by atoms with Crippen LogP contribution in [-0.4, -0.2) is 76.0 Å². The maximum absolute atomic E-state index is 13.4. The van der Waals surface area contributed by atoms with Crippen LogP contribution in [0, 0.1) is 4.78 Å². The Morgan fingerprint density at radius 1 is 1.15 bits per heavy atom. The van der Waals surface area contributed by atoms with E-state index in [1.54, 1.807) is 0 Å². The summed E-state index contributed by atoms with van der Waals surface area (Å²) in [6.07, 6.45) is 2.47. The zero-order valence-electron chi connectivity index (χ0n) is 19.8. The Morgan fingerprint density at radius 3 is 2.62 bits per heavy atom. The first-order chi connectivity index (χ1) is 16.3. The molecule has 11 heteroatoms. The summed E-state index contributed by atoms with van der Waals surface area (Å²) in [5.41, 5.74) is 2.31. The number of hydrogen-bond donors (Lipinski definition) is 2. The van der Waals surface area contributed by atoms with Crippen LogP contribution in [0.4, 0.5) is 11.8 Å². The average Bonchev–Trinajstić information content (AvgIpc) is 3.22. The number of anilines is 2. The van der Waals surface area contributed by atoms with Crippen molar-refractivity contribution in [3.8, 4) is 5.95 Å². The molecule has 1 aromatic carbocycles. The highest BCUT2D eigenvalue weighted by Gasteiger charge is 2.44. The summed E-state index contributed by atoms with van der Waals surface area (Å²) in [5, 5.41) is 3.15. The van der Waals surface area contributed by atoms with Crippen LogP contribution in [0.2, 0.25) is 0 Å². The zero-order valence-corrected chi connectivity index (χ0v) is 20.6. The van der Waals surface area contributed by atoms with Crippen molar-refractivity contribution in [1.29, 1.82) is 4.78 Å². The third-order valence-corrected chi connectivity index (χ3v) is 8.97. The molecule has 2 aliphatic heterocycles. The molecule has 2 saturated heterocycles. The van der Waals surface area contributed by atoms with Crippen LogP contribution < -0.4 is 10.2 Å². The number of aromatic nitrogens is 4. The number of ether oxygens (including phenoxy) is 2. The first-order valence-electron chi connectivity index (χ1n) is 11.5. The lowest BCUT2D eigenvalue weighted by molar-refractivity contribution is 0.0739. The summed E-state index contributed by atoms with van der Waals surface area (Å²) in [6.45, 7) is 4.90. The number of morpholine rings is 1. The van der Waals surface area contributed by atoms with E-state index < -0.39 is 14.5 Å². The van der Waals surface area contributed by atoms with Gasteiger partial charge in [-0.2, -0.15) is 4.98 Å². The monoisotopic (exact) mass is 485 g/mol. The Labute approximate surface area is 199 Å². The molecule has 34 heavy (non-hydrogen) atoms. The van der Waals surface area contributed by atoms with Crippen LogP contribution in [0.25, 0.3) is 17.0 Å². The van der Waals surface area contributed by atoms with Crippen LogP contribution in [0.5, 0.6) is 0 Å². The predicted octanol–water partition coefficient (Wildman–Crippen LogP) is 2.76. The van der Waals surface area contributed by atoms with Crippen molar-refractivity contribution in [2.75, 3.05) is 56.5 Å². The summed E-state index contributed by atoms with van der Waals surface area (Å²) in [6, 6.07) is 9.88. The van der Waals surface area contributed by atoms with Crippen molar-refractivity contribution < 1.29 is 13.7 Å². The number of nitrogens with zero attached hydrogens (tertiary/aromatic N) is 5. The Bertz CT molecular complexity index is 1300. The quantitative estimate of drug-likeness (QED) is 0.566. The van der Waals surface area contributed by atoms with E-state index in [4.69, 9.17) is 29.2 Å². The number of para-hydroxylation sites is 2. The Balaban J connectivity index is 1.77. The zero-order chi connectivity index (χ0) is 23.9. The molecule has 0 bridgehead atoms. The van der Waals surface area contributed by atoms with Crippen molar-refractivity contribution >= 4 is 32.5 Å². The molecule has 3 aromatic rings. The smallest absolute Gasteiger partial charge is 0.239 e. The predicted molar refractivity (Wildman–Crippen MR) is 132 cm³/mol. The van der Waals surface area contributed by atoms with Gasteiger partial charge in [-0.05, 0) is 31.9 Å². The average molecular weight is 486 g/mol. The minimum absolute atomic E-state index is 0.125. The molecule has 0 saturated carbocycles. The number of hydrogen-bond acceptors (Lipinski definition) is 9. The van der Waals surface area contributed by atoms with Crippen LogP contribution in [0.15, 0.2) is 30.3 Å². The molecule has 0 aliphatic carbocycles. The lowest BCUT2D eigenvalue weighted by Crippen LogP contribution is -2.45. The van der Waals surface area contributed by atoms with Crippen LogP contribution in [0.3, 0.4) is 0 Å². The Hall–Kier alpha value is -2.76. The molecule has 5 rings (SSSR count). The van der Waals surface area contributed by atoms with Gasteiger partial charge in [0.1, 0.15) is 10.6 Å². The minimum atomic E-state index is -3.00. The second kappa shape index (κ2) is 8.79. The van der Waals surface area contributed by atoms with Crippen molar-refractivity contribution in [1.82, 2.24) is 19.5 Å². The fourth-order valence-electron chi connectivity index (χ4n) is 4.91. The van der Waals surface area contributed by atoms with Gasteiger partial charge in [0.05, 0.1) is 45.7 Å². The first-order valence-corrected chi connectivity index (χ1v) is 13.5. The lowest BCUT2D eigenvalue weighted by atomic mass is 9.94. The molecule has 0 radical (unpaired) electrons. The van der Waals surface area contributed by atoms with E-state index in [1.807, 2.05) is 41.9 Å². The van der Waals surface area contributed by atoms with E-state index in [0.717, 1.165) is 16.9 Å². The number of fused-ring (bicyclic) bond motifs is 1. The Kier molecular flexibility index (Phi) is 5.95. The molecule has 2 atom stereocenters. The van der Waals surface area contributed by atoms with Crippen molar-refractivity contribution in [3.05, 3.63) is 36.0 Å². The van der Waals surface area contributed by atoms with Gasteiger partial charge in [-0.1, -0.05) is 12.1 Å². The second-order valence-corrected chi connectivity index (χ2v) is 11.5. The Morgan fingerprint density at radius 2 is 1.91 bits per heavy atom. The van der Waals surface area contributed by atoms with Gasteiger partial charge in [0.2, 0.25) is 11.9 Å². The molecule has 0 spiro atoms. The van der Waals surface area contributed by atoms with Gasteiger partial charge in [0, 0.05) is 39.1 Å². The van der Waals surface area contributed by atoms with E-state index in [0.29, 0.717) is 63.4 Å². The third-order valence-electron chi connectivity index (χ3n) is 6.86. The number of rotatable bonds is 5. The molecule has 2 aromatic heterocycles. The van der Waals surface area contributed by atoms with E-state index in [-0.39, 0.29) is 6.04 Å². The largest absolute Gasteiger partial charge is 0.381 e. The maximum Gasteiger partial charge on any atom is 0.239 e. The van der Waals surface area contributed by atoms with Gasteiger partial charge in [0.15, 0.2) is 0 Å². The molecule has 182 valence electrons.